The second-order valence-corrected chi connectivity index (χ2v) is 12.8. The Bertz CT molecular complexity index is 1610. The molecule has 2 aliphatic rings. The van der Waals surface area contributed by atoms with Crippen LogP contribution in [0.15, 0.2) is 70.9 Å². The molecule has 13 heteroatoms. The molecule has 268 valence electrons. The largest absolute Gasteiger partial charge is 0.460 e. The lowest BCUT2D eigenvalue weighted by molar-refractivity contribution is -0.158. The number of aliphatic hydroxyl groups excluding tert-OH is 1. The summed E-state index contributed by atoms with van der Waals surface area (Å²) in [4.78, 5) is 70.3. The number of carbonyl (C=O) groups is 5. The van der Waals surface area contributed by atoms with Gasteiger partial charge < -0.3 is 29.2 Å². The van der Waals surface area contributed by atoms with Crippen molar-refractivity contribution in [3.05, 3.63) is 83.6 Å². The van der Waals surface area contributed by atoms with E-state index >= 15 is 0 Å². The number of aromatic nitrogens is 1. The van der Waals surface area contributed by atoms with Crippen molar-refractivity contribution in [3.63, 3.8) is 0 Å². The molecular formula is C37H46N4O9. The van der Waals surface area contributed by atoms with E-state index in [2.05, 4.69) is 15.6 Å². The SMILES string of the molecule is CC1=C[C@@H](O)CC(=O)Cc2nc(co2)C(=O)N2CCC[C@@H]2C(=O)O[C@H]([C@H](C)CCOC(=O)Nc2ccc(C)cc2)[C@H](C)/C=C/C(=O)NCC=C1. The van der Waals surface area contributed by atoms with Gasteiger partial charge in [0.05, 0.1) is 19.1 Å². The van der Waals surface area contributed by atoms with Crippen molar-refractivity contribution in [3.8, 4) is 0 Å². The van der Waals surface area contributed by atoms with Crippen molar-refractivity contribution < 1.29 is 43.0 Å². The molecule has 0 spiro atoms. The van der Waals surface area contributed by atoms with E-state index in [1.54, 1.807) is 37.3 Å². The molecule has 1 saturated heterocycles. The van der Waals surface area contributed by atoms with Crippen molar-refractivity contribution in [2.24, 2.45) is 11.8 Å². The zero-order valence-electron chi connectivity index (χ0n) is 28.9. The molecule has 1 aromatic heterocycles. The van der Waals surface area contributed by atoms with Crippen LogP contribution in [0.5, 0.6) is 0 Å². The fraction of sp³-hybridized carbons (Fsp3) is 0.459. The summed E-state index contributed by atoms with van der Waals surface area (Å²) in [6, 6.07) is 6.41. The number of aliphatic hydroxyl groups is 1. The smallest absolute Gasteiger partial charge is 0.411 e. The highest BCUT2D eigenvalue weighted by molar-refractivity contribution is 5.95. The van der Waals surface area contributed by atoms with E-state index < -0.39 is 42.1 Å². The molecule has 3 N–H and O–H groups in total. The van der Waals surface area contributed by atoms with Crippen molar-refractivity contribution in [1.82, 2.24) is 15.2 Å². The van der Waals surface area contributed by atoms with Crippen LogP contribution >= 0.6 is 0 Å². The van der Waals surface area contributed by atoms with E-state index in [-0.39, 0.29) is 55.2 Å². The summed E-state index contributed by atoms with van der Waals surface area (Å²) in [5.74, 6) is -2.53. The van der Waals surface area contributed by atoms with Gasteiger partial charge in [0.25, 0.3) is 5.91 Å². The third-order valence-electron chi connectivity index (χ3n) is 8.56. The number of nitrogens with zero attached hydrogens (tertiary/aromatic N) is 2. The van der Waals surface area contributed by atoms with Gasteiger partial charge in [-0.2, -0.15) is 0 Å². The molecule has 2 aromatic rings. The third-order valence-corrected chi connectivity index (χ3v) is 8.56. The average molecular weight is 691 g/mol. The molecule has 1 fully saturated rings. The summed E-state index contributed by atoms with van der Waals surface area (Å²) in [5.41, 5.74) is 2.31. The minimum Gasteiger partial charge on any atom is -0.460 e. The Labute approximate surface area is 291 Å². The number of anilines is 1. The molecule has 5 atom stereocenters. The van der Waals surface area contributed by atoms with E-state index in [1.807, 2.05) is 32.9 Å². The Morgan fingerprint density at radius 3 is 2.68 bits per heavy atom. The van der Waals surface area contributed by atoms with Gasteiger partial charge >= 0.3 is 12.1 Å². The maximum absolute atomic E-state index is 13.7. The van der Waals surface area contributed by atoms with Crippen LogP contribution < -0.4 is 10.6 Å². The molecule has 3 heterocycles. The first-order valence-corrected chi connectivity index (χ1v) is 16.9. The highest BCUT2D eigenvalue weighted by Gasteiger charge is 2.39. The number of allylic oxidation sites excluding steroid dienone is 2. The predicted octanol–water partition coefficient (Wildman–Crippen LogP) is 4.46. The molecular weight excluding hydrogens is 644 g/mol. The number of ketones is 1. The van der Waals surface area contributed by atoms with E-state index in [1.165, 1.54) is 17.1 Å². The maximum Gasteiger partial charge on any atom is 0.411 e. The second kappa shape index (κ2) is 18.1. The van der Waals surface area contributed by atoms with Crippen LogP contribution in [-0.4, -0.2) is 82.6 Å². The number of fused-ring (bicyclic) bond motifs is 3. The number of hydrogen-bond donors (Lipinski definition) is 3. The lowest BCUT2D eigenvalue weighted by atomic mass is 9.90. The number of rotatable bonds is 5. The summed E-state index contributed by atoms with van der Waals surface area (Å²) < 4.78 is 16.9. The summed E-state index contributed by atoms with van der Waals surface area (Å²) >= 11 is 0. The number of nitrogens with one attached hydrogen (secondary N) is 2. The van der Waals surface area contributed by atoms with Crippen LogP contribution in [0, 0.1) is 18.8 Å². The predicted molar refractivity (Wildman–Crippen MR) is 184 cm³/mol. The Morgan fingerprint density at radius 2 is 1.92 bits per heavy atom. The number of ether oxygens (including phenoxy) is 2. The fourth-order valence-electron chi connectivity index (χ4n) is 5.84. The highest BCUT2D eigenvalue weighted by atomic mass is 16.6. The minimum absolute atomic E-state index is 0.0304. The Balaban J connectivity index is 1.50. The average Bonchev–Trinajstić information content (AvgIpc) is 3.75. The number of oxazole rings is 1. The van der Waals surface area contributed by atoms with E-state index in [0.29, 0.717) is 37.1 Å². The first kappa shape index (κ1) is 37.8. The van der Waals surface area contributed by atoms with Crippen molar-refractivity contribution in [2.75, 3.05) is 25.0 Å². The Kier molecular flexibility index (Phi) is 13.7. The van der Waals surface area contributed by atoms with Crippen LogP contribution in [0.1, 0.15) is 68.4 Å². The first-order chi connectivity index (χ1) is 23.9. The van der Waals surface area contributed by atoms with E-state index in [4.69, 9.17) is 13.9 Å². The van der Waals surface area contributed by atoms with Crippen molar-refractivity contribution in [1.29, 1.82) is 0 Å². The molecule has 3 amide bonds. The number of carbonyl (C=O) groups excluding carboxylic acids is 5. The van der Waals surface area contributed by atoms with Crippen LogP contribution in [-0.2, 0) is 30.3 Å². The minimum atomic E-state index is -1.04. The van der Waals surface area contributed by atoms with Gasteiger partial charge in [0.1, 0.15) is 24.2 Å². The number of benzene rings is 1. The maximum atomic E-state index is 13.7. The normalized spacial score (nSPS) is 24.0. The number of Topliss-reactive ketones (excluding diaryl/α,β-unsaturated/α-hetero) is 1. The molecule has 0 radical (unpaired) electrons. The Morgan fingerprint density at radius 1 is 1.16 bits per heavy atom. The van der Waals surface area contributed by atoms with Crippen molar-refractivity contribution >= 4 is 35.3 Å². The standard InChI is InChI=1S/C37H46N4O9/c1-23-9-12-27(13-10-23)39-37(47)48-18-15-26(4)34-25(3)11-14-32(44)38-16-5-7-24(2)19-28(42)20-29(43)21-33-40-30(22-49-33)35(45)41-17-6-8-31(41)36(46)50-34/h5,7,9-14,19,22,25-26,28,31,34,42H,6,8,15-18,20-21H2,1-4H3,(H,38,44)(H,39,47)/b7-5?,14-11+,24-19?/t25-,26-,28-,31-,34+/m1/s1. The Hall–Kier alpha value is -5.04. The number of esters is 1. The van der Waals surface area contributed by atoms with Gasteiger partial charge in [0, 0.05) is 31.1 Å². The van der Waals surface area contributed by atoms with Gasteiger partial charge in [0.15, 0.2) is 5.69 Å². The molecule has 1 aromatic carbocycles. The summed E-state index contributed by atoms with van der Waals surface area (Å²) in [5, 5.41) is 15.8. The van der Waals surface area contributed by atoms with Gasteiger partial charge in [0.2, 0.25) is 11.8 Å². The lowest BCUT2D eigenvalue weighted by Gasteiger charge is -2.31. The molecule has 2 bridgehead atoms. The highest BCUT2D eigenvalue weighted by Crippen LogP contribution is 2.27. The van der Waals surface area contributed by atoms with Gasteiger partial charge in [-0.05, 0) is 57.2 Å². The summed E-state index contributed by atoms with van der Waals surface area (Å²) in [6.07, 6.45) is 7.67. The van der Waals surface area contributed by atoms with E-state index in [0.717, 1.165) is 11.8 Å². The number of hydrogen-bond acceptors (Lipinski definition) is 10. The van der Waals surface area contributed by atoms with Crippen LogP contribution in [0.2, 0.25) is 0 Å². The first-order valence-electron chi connectivity index (χ1n) is 16.9. The lowest BCUT2D eigenvalue weighted by Crippen LogP contribution is -2.44. The summed E-state index contributed by atoms with van der Waals surface area (Å²) in [6.45, 7) is 7.95. The molecule has 0 saturated carbocycles. The zero-order valence-corrected chi connectivity index (χ0v) is 28.9. The number of amides is 3. The van der Waals surface area contributed by atoms with Gasteiger partial charge in [-0.1, -0.05) is 61.4 Å². The molecule has 50 heavy (non-hydrogen) atoms. The zero-order chi connectivity index (χ0) is 36.2. The van der Waals surface area contributed by atoms with Crippen LogP contribution in [0.3, 0.4) is 0 Å². The number of cyclic esters (lactones) is 1. The number of aryl methyl sites for hydroxylation is 1. The van der Waals surface area contributed by atoms with Crippen LogP contribution in [0.4, 0.5) is 10.5 Å². The molecule has 13 nitrogen and oxygen atoms in total. The topological polar surface area (TPSA) is 177 Å². The quantitative estimate of drug-likeness (QED) is 0.380. The second-order valence-electron chi connectivity index (χ2n) is 12.8. The molecule has 0 unspecified atom stereocenters. The third kappa shape index (κ3) is 11.3. The molecule has 4 rings (SSSR count). The molecule has 2 aliphatic heterocycles. The van der Waals surface area contributed by atoms with Crippen molar-refractivity contribution in [2.45, 2.75) is 78.0 Å². The van der Waals surface area contributed by atoms with Crippen LogP contribution in [0.25, 0.3) is 0 Å². The molecule has 0 aliphatic carbocycles. The van der Waals surface area contributed by atoms with Gasteiger partial charge in [-0.25, -0.2) is 14.6 Å². The monoisotopic (exact) mass is 690 g/mol. The van der Waals surface area contributed by atoms with Gasteiger partial charge in [-0.3, -0.25) is 19.7 Å². The van der Waals surface area contributed by atoms with E-state index in [9.17, 15) is 29.1 Å². The summed E-state index contributed by atoms with van der Waals surface area (Å²) in [7, 11) is 0. The van der Waals surface area contributed by atoms with Gasteiger partial charge in [-0.15, -0.1) is 0 Å². The fourth-order valence-corrected chi connectivity index (χ4v) is 5.84.